The monoisotopic (exact) mass is 241 g/mol. The highest BCUT2D eigenvalue weighted by Crippen LogP contribution is 2.34. The SMILES string of the molecule is CC1CC(C)CC(C(N)C(=O)OC(C)(C)C)C1. The van der Waals surface area contributed by atoms with Crippen molar-refractivity contribution in [1.82, 2.24) is 0 Å². The van der Waals surface area contributed by atoms with Crippen LogP contribution in [0.3, 0.4) is 0 Å². The third-order valence-corrected chi connectivity index (χ3v) is 3.40. The maximum absolute atomic E-state index is 11.9. The Morgan fingerprint density at radius 1 is 1.18 bits per heavy atom. The molecule has 3 unspecified atom stereocenters. The van der Waals surface area contributed by atoms with E-state index in [0.29, 0.717) is 11.8 Å². The molecule has 100 valence electrons. The first-order valence-corrected chi connectivity index (χ1v) is 6.67. The quantitative estimate of drug-likeness (QED) is 0.756. The second kappa shape index (κ2) is 5.38. The van der Waals surface area contributed by atoms with Gasteiger partial charge < -0.3 is 10.5 Å². The molecule has 3 atom stereocenters. The van der Waals surface area contributed by atoms with Gasteiger partial charge in [0.1, 0.15) is 11.6 Å². The lowest BCUT2D eigenvalue weighted by Gasteiger charge is -2.34. The summed E-state index contributed by atoms with van der Waals surface area (Å²) in [4.78, 5) is 11.9. The number of nitrogens with two attached hydrogens (primary N) is 1. The van der Waals surface area contributed by atoms with Gasteiger partial charge in [-0.1, -0.05) is 13.8 Å². The zero-order chi connectivity index (χ0) is 13.2. The molecule has 0 aliphatic heterocycles. The molecule has 2 N–H and O–H groups in total. The lowest BCUT2D eigenvalue weighted by atomic mass is 9.74. The predicted molar refractivity (Wildman–Crippen MR) is 69.5 cm³/mol. The molecule has 0 saturated heterocycles. The summed E-state index contributed by atoms with van der Waals surface area (Å²) in [6.45, 7) is 10.1. The summed E-state index contributed by atoms with van der Waals surface area (Å²) in [7, 11) is 0. The molecule has 1 aliphatic rings. The van der Waals surface area contributed by atoms with Gasteiger partial charge in [-0.15, -0.1) is 0 Å². The molecule has 3 heteroatoms. The van der Waals surface area contributed by atoms with Gasteiger partial charge >= 0.3 is 5.97 Å². The van der Waals surface area contributed by atoms with Gasteiger partial charge in [-0.25, -0.2) is 0 Å². The Hall–Kier alpha value is -0.570. The molecule has 0 radical (unpaired) electrons. The van der Waals surface area contributed by atoms with E-state index < -0.39 is 11.6 Å². The molecule has 1 aliphatic carbocycles. The molecule has 1 saturated carbocycles. The van der Waals surface area contributed by atoms with Crippen molar-refractivity contribution in [3.05, 3.63) is 0 Å². The van der Waals surface area contributed by atoms with E-state index in [1.54, 1.807) is 0 Å². The summed E-state index contributed by atoms with van der Waals surface area (Å²) in [5, 5.41) is 0. The van der Waals surface area contributed by atoms with Gasteiger partial charge in [-0.3, -0.25) is 4.79 Å². The summed E-state index contributed by atoms with van der Waals surface area (Å²) in [6.07, 6.45) is 3.34. The molecule has 1 fully saturated rings. The number of esters is 1. The highest BCUT2D eigenvalue weighted by molar-refractivity contribution is 5.76. The van der Waals surface area contributed by atoms with Crippen LogP contribution in [0, 0.1) is 17.8 Å². The molecular weight excluding hydrogens is 214 g/mol. The van der Waals surface area contributed by atoms with E-state index >= 15 is 0 Å². The summed E-state index contributed by atoms with van der Waals surface area (Å²) < 4.78 is 5.36. The first-order valence-electron chi connectivity index (χ1n) is 6.67. The number of rotatable bonds is 2. The van der Waals surface area contributed by atoms with Crippen LogP contribution in [0.1, 0.15) is 53.9 Å². The Kier molecular flexibility index (Phi) is 4.59. The van der Waals surface area contributed by atoms with Crippen LogP contribution >= 0.6 is 0 Å². The predicted octanol–water partition coefficient (Wildman–Crippen LogP) is 2.73. The number of hydrogen-bond acceptors (Lipinski definition) is 3. The molecule has 0 aromatic carbocycles. The van der Waals surface area contributed by atoms with Crippen LogP contribution in [0.15, 0.2) is 0 Å². The largest absolute Gasteiger partial charge is 0.459 e. The minimum Gasteiger partial charge on any atom is -0.459 e. The Morgan fingerprint density at radius 2 is 1.65 bits per heavy atom. The van der Waals surface area contributed by atoms with Crippen LogP contribution in [0.25, 0.3) is 0 Å². The lowest BCUT2D eigenvalue weighted by Crippen LogP contribution is -2.44. The normalized spacial score (nSPS) is 32.0. The average Bonchev–Trinajstić information content (AvgIpc) is 2.12. The fourth-order valence-electron chi connectivity index (χ4n) is 2.86. The fraction of sp³-hybridized carbons (Fsp3) is 0.929. The first kappa shape index (κ1) is 14.5. The smallest absolute Gasteiger partial charge is 0.323 e. The number of carbonyl (C=O) groups excluding carboxylic acids is 1. The van der Waals surface area contributed by atoms with Crippen molar-refractivity contribution in [3.8, 4) is 0 Å². The van der Waals surface area contributed by atoms with Crippen molar-refractivity contribution >= 4 is 5.97 Å². The Balaban J connectivity index is 2.57. The van der Waals surface area contributed by atoms with Crippen LogP contribution < -0.4 is 5.73 Å². The van der Waals surface area contributed by atoms with E-state index in [2.05, 4.69) is 13.8 Å². The Morgan fingerprint density at radius 3 is 2.06 bits per heavy atom. The highest BCUT2D eigenvalue weighted by atomic mass is 16.6. The topological polar surface area (TPSA) is 52.3 Å². The zero-order valence-corrected chi connectivity index (χ0v) is 11.8. The summed E-state index contributed by atoms with van der Waals surface area (Å²) >= 11 is 0. The molecule has 0 heterocycles. The molecule has 0 aromatic rings. The molecule has 17 heavy (non-hydrogen) atoms. The van der Waals surface area contributed by atoms with E-state index in [1.165, 1.54) is 6.42 Å². The molecule has 0 aromatic heterocycles. The van der Waals surface area contributed by atoms with Gasteiger partial charge in [0.25, 0.3) is 0 Å². The van der Waals surface area contributed by atoms with Gasteiger partial charge in [0.2, 0.25) is 0 Å². The molecule has 1 rings (SSSR count). The second-order valence-corrected chi connectivity index (χ2v) is 6.74. The molecule has 0 spiro atoms. The van der Waals surface area contributed by atoms with E-state index in [1.807, 2.05) is 20.8 Å². The van der Waals surface area contributed by atoms with Crippen LogP contribution in [0.2, 0.25) is 0 Å². The van der Waals surface area contributed by atoms with Crippen molar-refractivity contribution in [3.63, 3.8) is 0 Å². The van der Waals surface area contributed by atoms with Crippen LogP contribution in [-0.4, -0.2) is 17.6 Å². The third kappa shape index (κ3) is 4.66. The van der Waals surface area contributed by atoms with Gasteiger partial charge in [-0.05, 0) is 57.8 Å². The zero-order valence-electron chi connectivity index (χ0n) is 11.8. The third-order valence-electron chi connectivity index (χ3n) is 3.40. The molecule has 0 amide bonds. The minimum absolute atomic E-state index is 0.246. The van der Waals surface area contributed by atoms with Crippen LogP contribution in [0.5, 0.6) is 0 Å². The minimum atomic E-state index is -0.459. The van der Waals surface area contributed by atoms with Crippen molar-refractivity contribution in [2.24, 2.45) is 23.5 Å². The number of carbonyl (C=O) groups is 1. The van der Waals surface area contributed by atoms with E-state index in [9.17, 15) is 4.79 Å². The molecule has 0 bridgehead atoms. The van der Waals surface area contributed by atoms with Crippen molar-refractivity contribution in [2.45, 2.75) is 65.5 Å². The fourth-order valence-corrected chi connectivity index (χ4v) is 2.86. The van der Waals surface area contributed by atoms with Crippen LogP contribution in [-0.2, 0) is 9.53 Å². The number of hydrogen-bond donors (Lipinski definition) is 1. The van der Waals surface area contributed by atoms with Gasteiger partial charge in [0.15, 0.2) is 0 Å². The maximum Gasteiger partial charge on any atom is 0.323 e. The van der Waals surface area contributed by atoms with E-state index in [4.69, 9.17) is 10.5 Å². The van der Waals surface area contributed by atoms with E-state index in [0.717, 1.165) is 12.8 Å². The van der Waals surface area contributed by atoms with Crippen LogP contribution in [0.4, 0.5) is 0 Å². The highest BCUT2D eigenvalue weighted by Gasteiger charge is 2.33. The molecular formula is C14H27NO2. The number of ether oxygens (including phenoxy) is 1. The second-order valence-electron chi connectivity index (χ2n) is 6.74. The Labute approximate surface area is 105 Å². The van der Waals surface area contributed by atoms with E-state index in [-0.39, 0.29) is 11.9 Å². The summed E-state index contributed by atoms with van der Waals surface area (Å²) in [6, 6.07) is -0.459. The van der Waals surface area contributed by atoms with Crippen molar-refractivity contribution in [2.75, 3.05) is 0 Å². The summed E-state index contributed by atoms with van der Waals surface area (Å²) in [5.41, 5.74) is 5.61. The first-order chi connectivity index (χ1) is 7.69. The maximum atomic E-state index is 11.9. The lowest BCUT2D eigenvalue weighted by molar-refractivity contribution is -0.158. The average molecular weight is 241 g/mol. The standard InChI is InChI=1S/C14H27NO2/c1-9-6-10(2)8-11(7-9)12(15)13(16)17-14(3,4)5/h9-12H,6-8,15H2,1-5H3. The van der Waals surface area contributed by atoms with Gasteiger partial charge in [0, 0.05) is 0 Å². The van der Waals surface area contributed by atoms with Gasteiger partial charge in [0.05, 0.1) is 0 Å². The summed E-state index contributed by atoms with van der Waals surface area (Å²) in [5.74, 6) is 1.36. The molecule has 3 nitrogen and oxygen atoms in total. The van der Waals surface area contributed by atoms with Crippen molar-refractivity contribution < 1.29 is 9.53 Å². The van der Waals surface area contributed by atoms with Gasteiger partial charge in [-0.2, -0.15) is 0 Å². The van der Waals surface area contributed by atoms with Crippen molar-refractivity contribution in [1.29, 1.82) is 0 Å². The Bertz CT molecular complexity index is 260.